The summed E-state index contributed by atoms with van der Waals surface area (Å²) >= 11 is 6.43. The molecule has 3 aliphatic rings. The lowest BCUT2D eigenvalue weighted by molar-refractivity contribution is -0.180. The molecule has 20 nitrogen and oxygen atoms in total. The maximum Gasteiger partial charge on any atom is 0.325 e. The minimum Gasteiger partial charge on any atom is -0.389 e. The highest BCUT2D eigenvalue weighted by molar-refractivity contribution is 8.07. The fraction of sp³-hybridized carbons (Fsp3) is 0.524. The van der Waals surface area contributed by atoms with Gasteiger partial charge in [0.15, 0.2) is 28.9 Å². The van der Waals surface area contributed by atoms with E-state index >= 15 is 0 Å². The molecule has 4 aromatic rings. The van der Waals surface area contributed by atoms with Gasteiger partial charge in [-0.15, -0.1) is 11.8 Å². The van der Waals surface area contributed by atoms with E-state index in [0.717, 1.165) is 11.8 Å². The fourth-order valence-electron chi connectivity index (χ4n) is 5.63. The van der Waals surface area contributed by atoms with Crippen molar-refractivity contribution in [3.8, 4) is 0 Å². The summed E-state index contributed by atoms with van der Waals surface area (Å²) in [5, 5.41) is 9.50. The normalized spacial score (nSPS) is 31.6. The van der Waals surface area contributed by atoms with Crippen molar-refractivity contribution in [2.45, 2.75) is 47.2 Å². The van der Waals surface area contributed by atoms with Crippen LogP contribution < -0.4 is 17.0 Å². The molecule has 7 rings (SSSR count). The minimum absolute atomic E-state index is 0.0273. The van der Waals surface area contributed by atoms with E-state index < -0.39 is 55.2 Å². The molecule has 7 heterocycles. The van der Waals surface area contributed by atoms with E-state index in [1.807, 2.05) is 0 Å². The largest absolute Gasteiger partial charge is 0.389 e. The molecule has 2 unspecified atom stereocenters. The molecule has 3 saturated heterocycles. The summed E-state index contributed by atoms with van der Waals surface area (Å²) in [5.74, 6) is 0.0503. The van der Waals surface area contributed by atoms with E-state index in [1.165, 1.54) is 23.5 Å². The quantitative estimate of drug-likeness (QED) is 0.110. The molecule has 8 N–H and O–H groups in total. The number of aliphatic hydroxyl groups excluding tert-OH is 1. The molecule has 0 saturated carbocycles. The van der Waals surface area contributed by atoms with Gasteiger partial charge >= 0.3 is 15.0 Å². The number of aromatic amines is 1. The van der Waals surface area contributed by atoms with Crippen molar-refractivity contribution >= 4 is 72.6 Å². The number of anilines is 2. The van der Waals surface area contributed by atoms with Crippen molar-refractivity contribution in [2.75, 3.05) is 31.3 Å². The van der Waals surface area contributed by atoms with Crippen LogP contribution in [0.1, 0.15) is 18.0 Å². The first-order chi connectivity index (χ1) is 21.4. The second-order valence-corrected chi connectivity index (χ2v) is 15.5. The highest BCUT2D eigenvalue weighted by Gasteiger charge is 2.56. The van der Waals surface area contributed by atoms with Crippen molar-refractivity contribution in [1.29, 1.82) is 0 Å². The maximum atomic E-state index is 12.4. The Bertz CT molecular complexity index is 1910. The van der Waals surface area contributed by atoms with Crippen LogP contribution in [0, 0.1) is 0 Å². The van der Waals surface area contributed by atoms with Gasteiger partial charge in [-0.3, -0.25) is 28.0 Å². The Hall–Kier alpha value is -2.59. The molecule has 24 heteroatoms. The number of hydrogen-bond donors (Lipinski definition) is 6. The number of thioether (sulfide) groups is 1. The second-order valence-electron chi connectivity index (χ2n) is 10.5. The van der Waals surface area contributed by atoms with Gasteiger partial charge in [0.1, 0.15) is 35.0 Å². The van der Waals surface area contributed by atoms with Gasteiger partial charge in [-0.2, -0.15) is 4.98 Å². The van der Waals surface area contributed by atoms with Crippen molar-refractivity contribution in [1.82, 2.24) is 39.0 Å². The predicted molar refractivity (Wildman–Crippen MR) is 160 cm³/mol. The topological polar surface area (TPSA) is 283 Å². The zero-order valence-corrected chi connectivity index (χ0v) is 26.3. The average molecular weight is 705 g/mol. The molecule has 4 aromatic heterocycles. The molecule has 0 aliphatic carbocycles. The molecule has 45 heavy (non-hydrogen) atoms. The fourth-order valence-corrected chi connectivity index (χ4v) is 9.09. The Kier molecular flexibility index (Phi) is 7.99. The molecule has 0 amide bonds. The Morgan fingerprint density at radius 1 is 1.22 bits per heavy atom. The molecule has 0 spiro atoms. The lowest BCUT2D eigenvalue weighted by Crippen LogP contribution is -2.40. The van der Waals surface area contributed by atoms with Gasteiger partial charge in [0.2, 0.25) is 5.95 Å². The lowest BCUT2D eigenvalue weighted by atomic mass is 10.0. The number of nitrogen functional groups attached to an aromatic ring is 2. The van der Waals surface area contributed by atoms with E-state index in [1.54, 1.807) is 4.57 Å². The minimum atomic E-state index is -4.10. The number of rotatable bonds is 10. The molecule has 9 atom stereocenters. The third-order valence-corrected chi connectivity index (χ3v) is 11.1. The summed E-state index contributed by atoms with van der Waals surface area (Å²) in [6.45, 7) is -4.49. The van der Waals surface area contributed by atoms with Crippen LogP contribution in [0.4, 0.5) is 11.8 Å². The highest BCUT2D eigenvalue weighted by atomic mass is 32.5. The zero-order chi connectivity index (χ0) is 31.7. The Morgan fingerprint density at radius 3 is 2.80 bits per heavy atom. The van der Waals surface area contributed by atoms with Crippen molar-refractivity contribution in [3.05, 3.63) is 29.3 Å². The van der Waals surface area contributed by atoms with E-state index in [0.29, 0.717) is 17.6 Å². The SMILES string of the molecule is Nc1nc2c(ncn2[C@@H]2S[C@H](CO[PH](=O)O)[C@@H](O)[C@H]2OP(O)(=S)OC[C@]23CO[C@H](C2)[C@H](n2cnc4c(N)ncnc42)O3)c(=O)[nH]1. The Labute approximate surface area is 261 Å². The Morgan fingerprint density at radius 2 is 2.00 bits per heavy atom. The van der Waals surface area contributed by atoms with Crippen LogP contribution in [-0.4, -0.2) is 103 Å². The van der Waals surface area contributed by atoms with Crippen molar-refractivity contribution < 1.29 is 42.5 Å². The second kappa shape index (κ2) is 11.6. The Balaban J connectivity index is 1.10. The molecular weight excluding hydrogens is 678 g/mol. The van der Waals surface area contributed by atoms with Crippen LogP contribution in [-0.2, 0) is 39.4 Å². The highest BCUT2D eigenvalue weighted by Crippen LogP contribution is 2.55. The first-order valence-electron chi connectivity index (χ1n) is 13.2. The number of H-pyrrole nitrogens is 1. The summed E-state index contributed by atoms with van der Waals surface area (Å²) in [5.41, 5.74) is 11.0. The number of aliphatic hydroxyl groups is 1. The number of hydrogen-bond acceptors (Lipinski definition) is 17. The first kappa shape index (κ1) is 31.0. The summed E-state index contributed by atoms with van der Waals surface area (Å²) in [6, 6.07) is 0. The zero-order valence-electron chi connectivity index (χ0n) is 22.8. The van der Waals surface area contributed by atoms with Crippen LogP contribution in [0.25, 0.3) is 22.3 Å². The van der Waals surface area contributed by atoms with Crippen LogP contribution in [0.3, 0.4) is 0 Å². The van der Waals surface area contributed by atoms with Gasteiger partial charge in [0.25, 0.3) is 5.56 Å². The van der Waals surface area contributed by atoms with Crippen LogP contribution >= 0.6 is 26.7 Å². The predicted octanol–water partition coefficient (Wildman–Crippen LogP) is -0.828. The molecule has 2 bridgehead atoms. The molecular formula is C21H26N10O10P2S2. The van der Waals surface area contributed by atoms with E-state index in [2.05, 4.69) is 29.9 Å². The number of nitrogens with zero attached hydrogens (tertiary/aromatic N) is 7. The van der Waals surface area contributed by atoms with E-state index in [9.17, 15) is 24.3 Å². The van der Waals surface area contributed by atoms with Crippen LogP contribution in [0.5, 0.6) is 0 Å². The van der Waals surface area contributed by atoms with Gasteiger partial charge in [-0.1, -0.05) is 0 Å². The summed E-state index contributed by atoms with van der Waals surface area (Å²) in [6.07, 6.45) is 0.925. The third-order valence-electron chi connectivity index (χ3n) is 7.64. The first-order valence-corrected chi connectivity index (χ1v) is 18.0. The average Bonchev–Trinajstić information content (AvgIpc) is 3.80. The standard InChI is InChI=1S/C21H26N10O10P2S2/c22-14-10-15(25-5-24-14)30(6-26-10)18-8-1-21(40-18,3-37-8)4-39-43(36,44)41-13-12(32)9(2-38-42(34)35)45-19(13)31-7-27-11-16(31)28-20(23)29-17(11)33/h5-9,12-13,18-19,32,42H,1-4H2,(H,34,35)(H,36,44)(H2,22,24,25)(H3,23,28,29,33)/t8-,9-,12-,13-,18-,19-,21-,43?/m1/s1. The number of imidazole rings is 2. The number of fused-ring (bicyclic) bond motifs is 4. The van der Waals surface area contributed by atoms with E-state index in [4.69, 9.17) is 46.3 Å². The van der Waals surface area contributed by atoms with Gasteiger partial charge < -0.3 is 44.9 Å². The lowest BCUT2D eigenvalue weighted by Gasteiger charge is -2.33. The summed E-state index contributed by atoms with van der Waals surface area (Å²) in [7, 11) is -3.31. The van der Waals surface area contributed by atoms with Crippen molar-refractivity contribution in [2.24, 2.45) is 0 Å². The van der Waals surface area contributed by atoms with E-state index in [-0.39, 0.29) is 48.9 Å². The smallest absolute Gasteiger partial charge is 0.325 e. The molecule has 3 aliphatic heterocycles. The number of aromatic nitrogens is 8. The maximum absolute atomic E-state index is 12.4. The molecule has 3 fully saturated rings. The summed E-state index contributed by atoms with van der Waals surface area (Å²) < 4.78 is 43.2. The number of ether oxygens (including phenoxy) is 2. The molecule has 0 aromatic carbocycles. The van der Waals surface area contributed by atoms with Gasteiger partial charge in [0, 0.05) is 6.42 Å². The summed E-state index contributed by atoms with van der Waals surface area (Å²) in [4.78, 5) is 55.9. The van der Waals surface area contributed by atoms with Gasteiger partial charge in [0.05, 0.1) is 43.8 Å². The molecule has 242 valence electrons. The van der Waals surface area contributed by atoms with Crippen LogP contribution in [0.2, 0.25) is 0 Å². The molecule has 0 radical (unpaired) electrons. The monoisotopic (exact) mass is 704 g/mol. The third kappa shape index (κ3) is 5.68. The van der Waals surface area contributed by atoms with Crippen LogP contribution in [0.15, 0.2) is 23.8 Å². The van der Waals surface area contributed by atoms with Gasteiger partial charge in [-0.25, -0.2) is 19.9 Å². The number of nitrogens with one attached hydrogen (secondary N) is 1. The van der Waals surface area contributed by atoms with Crippen molar-refractivity contribution in [3.63, 3.8) is 0 Å². The van der Waals surface area contributed by atoms with Gasteiger partial charge in [-0.05, 0) is 11.8 Å². The number of nitrogens with two attached hydrogens (primary N) is 2.